The summed E-state index contributed by atoms with van der Waals surface area (Å²) < 4.78 is 24.5. The number of methoxy groups -OCH3 is 2. The van der Waals surface area contributed by atoms with Gasteiger partial charge >= 0.3 is 0 Å². The van der Waals surface area contributed by atoms with Gasteiger partial charge in [-0.2, -0.15) is 0 Å². The van der Waals surface area contributed by atoms with E-state index in [-0.39, 0.29) is 17.4 Å². The van der Waals surface area contributed by atoms with Crippen molar-refractivity contribution in [2.75, 3.05) is 32.2 Å². The van der Waals surface area contributed by atoms with Crippen LogP contribution in [0.3, 0.4) is 0 Å². The number of halogens is 1. The van der Waals surface area contributed by atoms with Crippen molar-refractivity contribution in [2.45, 2.75) is 12.5 Å². The minimum Gasteiger partial charge on any atom is -0.493 e. The standard InChI is InChI=1S/C19H21FN2O3/c1-24-16-9-8-15(20)17(18(16)25-2)19(23)21-13-10-11-22(12-13)14-6-4-3-5-7-14/h3-9,13H,10-12H2,1-2H3,(H,21,23). The summed E-state index contributed by atoms with van der Waals surface area (Å²) in [6, 6.07) is 12.6. The minimum absolute atomic E-state index is 0.0528. The molecule has 0 aromatic heterocycles. The Balaban J connectivity index is 1.73. The minimum atomic E-state index is -0.631. The molecule has 6 heteroatoms. The smallest absolute Gasteiger partial charge is 0.258 e. The summed E-state index contributed by atoms with van der Waals surface area (Å²) in [6.45, 7) is 1.52. The van der Waals surface area contributed by atoms with Gasteiger partial charge in [0, 0.05) is 24.8 Å². The first-order valence-electron chi connectivity index (χ1n) is 8.15. The Hall–Kier alpha value is -2.76. The van der Waals surface area contributed by atoms with Gasteiger partial charge in [-0.05, 0) is 30.7 Å². The van der Waals surface area contributed by atoms with Gasteiger partial charge in [-0.1, -0.05) is 18.2 Å². The number of para-hydroxylation sites is 1. The van der Waals surface area contributed by atoms with Gasteiger partial charge in [0.15, 0.2) is 11.5 Å². The lowest BCUT2D eigenvalue weighted by atomic mass is 10.1. The fourth-order valence-electron chi connectivity index (χ4n) is 3.12. The molecule has 0 radical (unpaired) electrons. The molecule has 2 aromatic rings. The summed E-state index contributed by atoms with van der Waals surface area (Å²) in [5.41, 5.74) is 0.990. The lowest BCUT2D eigenvalue weighted by Crippen LogP contribution is -2.37. The van der Waals surface area contributed by atoms with Crippen LogP contribution in [0.2, 0.25) is 0 Å². The molecule has 0 bridgehead atoms. The van der Waals surface area contributed by atoms with Crippen LogP contribution in [0.5, 0.6) is 11.5 Å². The molecule has 3 rings (SSSR count). The summed E-state index contributed by atoms with van der Waals surface area (Å²) in [5.74, 6) is -0.689. The lowest BCUT2D eigenvalue weighted by Gasteiger charge is -2.19. The van der Waals surface area contributed by atoms with Crippen LogP contribution < -0.4 is 19.7 Å². The van der Waals surface area contributed by atoms with E-state index in [2.05, 4.69) is 10.2 Å². The predicted octanol–water partition coefficient (Wildman–Crippen LogP) is 2.85. The quantitative estimate of drug-likeness (QED) is 0.906. The third-order valence-corrected chi connectivity index (χ3v) is 4.37. The highest BCUT2D eigenvalue weighted by Gasteiger charge is 2.28. The molecule has 132 valence electrons. The Labute approximate surface area is 146 Å². The number of nitrogens with zero attached hydrogens (tertiary/aromatic N) is 1. The highest BCUT2D eigenvalue weighted by molar-refractivity contribution is 5.98. The van der Waals surface area contributed by atoms with Gasteiger partial charge in [-0.25, -0.2) is 4.39 Å². The maximum Gasteiger partial charge on any atom is 0.258 e. The van der Waals surface area contributed by atoms with Gasteiger partial charge < -0.3 is 19.7 Å². The van der Waals surface area contributed by atoms with Gasteiger partial charge in [0.25, 0.3) is 5.91 Å². The number of ether oxygens (including phenoxy) is 2. The molecule has 0 spiro atoms. The molecule has 1 N–H and O–H groups in total. The van der Waals surface area contributed by atoms with Crippen molar-refractivity contribution < 1.29 is 18.7 Å². The molecule has 1 amide bonds. The average Bonchev–Trinajstić information content (AvgIpc) is 3.10. The zero-order valence-electron chi connectivity index (χ0n) is 14.3. The molecule has 5 nitrogen and oxygen atoms in total. The second kappa shape index (κ2) is 7.42. The number of hydrogen-bond acceptors (Lipinski definition) is 4. The van der Waals surface area contributed by atoms with Crippen LogP contribution in [-0.2, 0) is 0 Å². The second-order valence-electron chi connectivity index (χ2n) is 5.90. The van der Waals surface area contributed by atoms with Crippen molar-refractivity contribution in [1.29, 1.82) is 0 Å². The molecule has 1 aliphatic heterocycles. The van der Waals surface area contributed by atoms with Crippen LogP contribution >= 0.6 is 0 Å². The van der Waals surface area contributed by atoms with Crippen LogP contribution in [0.25, 0.3) is 0 Å². The Morgan fingerprint density at radius 2 is 1.92 bits per heavy atom. The van der Waals surface area contributed by atoms with E-state index in [4.69, 9.17) is 9.47 Å². The van der Waals surface area contributed by atoms with Crippen molar-refractivity contribution >= 4 is 11.6 Å². The Bertz CT molecular complexity index is 752. The van der Waals surface area contributed by atoms with E-state index < -0.39 is 11.7 Å². The zero-order chi connectivity index (χ0) is 17.8. The molecule has 0 saturated carbocycles. The Morgan fingerprint density at radius 3 is 2.60 bits per heavy atom. The molecule has 1 heterocycles. The summed E-state index contributed by atoms with van der Waals surface area (Å²) in [5, 5.41) is 2.91. The molecular weight excluding hydrogens is 323 g/mol. The van der Waals surface area contributed by atoms with E-state index in [0.29, 0.717) is 12.3 Å². The lowest BCUT2D eigenvalue weighted by molar-refractivity contribution is 0.0932. The van der Waals surface area contributed by atoms with E-state index in [0.717, 1.165) is 18.7 Å². The molecule has 0 aliphatic carbocycles. The van der Waals surface area contributed by atoms with Gasteiger partial charge in [-0.15, -0.1) is 0 Å². The molecule has 1 unspecified atom stereocenters. The highest BCUT2D eigenvalue weighted by Crippen LogP contribution is 2.33. The van der Waals surface area contributed by atoms with Crippen LogP contribution in [0.1, 0.15) is 16.8 Å². The van der Waals surface area contributed by atoms with E-state index >= 15 is 0 Å². The van der Waals surface area contributed by atoms with E-state index in [1.54, 1.807) is 0 Å². The molecule has 1 aliphatic rings. The third-order valence-electron chi connectivity index (χ3n) is 4.37. The number of amides is 1. The monoisotopic (exact) mass is 344 g/mol. The number of carbonyl (C=O) groups is 1. The largest absolute Gasteiger partial charge is 0.493 e. The van der Waals surface area contributed by atoms with Crippen LogP contribution in [-0.4, -0.2) is 39.3 Å². The van der Waals surface area contributed by atoms with Crippen molar-refractivity contribution in [2.24, 2.45) is 0 Å². The first kappa shape index (κ1) is 17.1. The molecule has 1 atom stereocenters. The number of carbonyl (C=O) groups excluding carboxylic acids is 1. The van der Waals surface area contributed by atoms with E-state index in [1.165, 1.54) is 26.4 Å². The molecule has 25 heavy (non-hydrogen) atoms. The number of hydrogen-bond donors (Lipinski definition) is 1. The van der Waals surface area contributed by atoms with E-state index in [9.17, 15) is 9.18 Å². The van der Waals surface area contributed by atoms with Crippen molar-refractivity contribution in [3.63, 3.8) is 0 Å². The summed E-state index contributed by atoms with van der Waals surface area (Å²) >= 11 is 0. The number of nitrogens with one attached hydrogen (secondary N) is 1. The van der Waals surface area contributed by atoms with Crippen molar-refractivity contribution in [3.8, 4) is 11.5 Å². The van der Waals surface area contributed by atoms with Crippen LogP contribution in [0.4, 0.5) is 10.1 Å². The topological polar surface area (TPSA) is 50.8 Å². The zero-order valence-corrected chi connectivity index (χ0v) is 14.3. The third kappa shape index (κ3) is 3.52. The van der Waals surface area contributed by atoms with Gasteiger partial charge in [0.1, 0.15) is 11.4 Å². The Morgan fingerprint density at radius 1 is 1.16 bits per heavy atom. The average molecular weight is 344 g/mol. The molecule has 1 saturated heterocycles. The molecule has 2 aromatic carbocycles. The first-order chi connectivity index (χ1) is 12.1. The summed E-state index contributed by atoms with van der Waals surface area (Å²) in [4.78, 5) is 14.8. The maximum absolute atomic E-state index is 14.2. The van der Waals surface area contributed by atoms with Crippen molar-refractivity contribution in [1.82, 2.24) is 5.32 Å². The second-order valence-corrected chi connectivity index (χ2v) is 5.90. The SMILES string of the molecule is COc1ccc(F)c(C(=O)NC2CCN(c3ccccc3)C2)c1OC. The molecule has 1 fully saturated rings. The van der Waals surface area contributed by atoms with Crippen LogP contribution in [0, 0.1) is 5.82 Å². The van der Waals surface area contributed by atoms with Gasteiger partial charge in [0.05, 0.1) is 14.2 Å². The van der Waals surface area contributed by atoms with Crippen molar-refractivity contribution in [3.05, 3.63) is 53.8 Å². The maximum atomic E-state index is 14.2. The normalized spacial score (nSPS) is 16.6. The fraction of sp³-hybridized carbons (Fsp3) is 0.316. The van der Waals surface area contributed by atoms with Gasteiger partial charge in [0.2, 0.25) is 0 Å². The number of anilines is 1. The predicted molar refractivity (Wildman–Crippen MR) is 94.0 cm³/mol. The highest BCUT2D eigenvalue weighted by atomic mass is 19.1. The fourth-order valence-corrected chi connectivity index (χ4v) is 3.12. The summed E-state index contributed by atoms with van der Waals surface area (Å²) in [6.07, 6.45) is 0.800. The number of benzene rings is 2. The molecular formula is C19H21FN2O3. The first-order valence-corrected chi connectivity index (χ1v) is 8.15. The number of rotatable bonds is 5. The van der Waals surface area contributed by atoms with Crippen LogP contribution in [0.15, 0.2) is 42.5 Å². The summed E-state index contributed by atoms with van der Waals surface area (Å²) in [7, 11) is 2.84. The van der Waals surface area contributed by atoms with E-state index in [1.807, 2.05) is 30.3 Å². The van der Waals surface area contributed by atoms with Gasteiger partial charge in [-0.3, -0.25) is 4.79 Å². The Kier molecular flexibility index (Phi) is 5.07.